The van der Waals surface area contributed by atoms with E-state index in [1.807, 2.05) is 80.6 Å². The number of carbonyl (C=O) groups excluding carboxylic acids is 1. The first kappa shape index (κ1) is 21.7. The molecule has 0 saturated heterocycles. The number of fused-ring (bicyclic) bond motifs is 1. The highest BCUT2D eigenvalue weighted by Gasteiger charge is 2.17. The molecule has 0 bridgehead atoms. The Morgan fingerprint density at radius 1 is 0.906 bits per heavy atom. The van der Waals surface area contributed by atoms with Crippen molar-refractivity contribution in [1.82, 2.24) is 0 Å². The van der Waals surface area contributed by atoms with Crippen LogP contribution in [-0.2, 0) is 6.61 Å². The van der Waals surface area contributed by atoms with E-state index in [1.165, 1.54) is 5.56 Å². The topological polar surface area (TPSA) is 47.6 Å². The average molecular weight is 446 g/mol. The third-order valence-electron chi connectivity index (χ3n) is 5.08. The van der Waals surface area contributed by atoms with Crippen LogP contribution < -0.4 is 14.8 Å². The maximum absolute atomic E-state index is 12.9. The normalized spacial score (nSPS) is 10.7. The Bertz CT molecular complexity index is 1250. The summed E-state index contributed by atoms with van der Waals surface area (Å²) in [6.07, 6.45) is 0. The molecular formula is C27H24ClNO3. The van der Waals surface area contributed by atoms with Crippen molar-refractivity contribution >= 4 is 34.0 Å². The molecule has 5 heteroatoms. The molecule has 0 heterocycles. The van der Waals surface area contributed by atoms with Gasteiger partial charge in [-0.2, -0.15) is 0 Å². The van der Waals surface area contributed by atoms with E-state index in [0.717, 1.165) is 16.3 Å². The Kier molecular flexibility index (Phi) is 6.62. The minimum Gasteiger partial charge on any atom is -0.490 e. The van der Waals surface area contributed by atoms with E-state index < -0.39 is 0 Å². The van der Waals surface area contributed by atoms with Gasteiger partial charge in [-0.3, -0.25) is 4.79 Å². The van der Waals surface area contributed by atoms with Gasteiger partial charge in [-0.15, -0.1) is 0 Å². The lowest BCUT2D eigenvalue weighted by Gasteiger charge is -2.15. The quantitative estimate of drug-likeness (QED) is 0.332. The molecule has 0 aromatic heterocycles. The number of amides is 1. The predicted molar refractivity (Wildman–Crippen MR) is 130 cm³/mol. The number of anilines is 1. The number of aryl methyl sites for hydroxylation is 1. The lowest BCUT2D eigenvalue weighted by molar-refractivity contribution is 0.102. The summed E-state index contributed by atoms with van der Waals surface area (Å²) in [4.78, 5) is 12.9. The number of hydrogen-bond donors (Lipinski definition) is 1. The van der Waals surface area contributed by atoms with Crippen LogP contribution in [0.4, 0.5) is 5.69 Å². The predicted octanol–water partition coefficient (Wildman–Crippen LogP) is 7.03. The minimum atomic E-state index is -0.270. The Morgan fingerprint density at radius 2 is 1.66 bits per heavy atom. The van der Waals surface area contributed by atoms with Crippen molar-refractivity contribution in [3.8, 4) is 11.5 Å². The van der Waals surface area contributed by atoms with Gasteiger partial charge < -0.3 is 14.8 Å². The molecule has 0 spiro atoms. The highest BCUT2D eigenvalue weighted by atomic mass is 35.5. The van der Waals surface area contributed by atoms with Gasteiger partial charge in [0.2, 0.25) is 0 Å². The van der Waals surface area contributed by atoms with Crippen LogP contribution in [-0.4, -0.2) is 12.5 Å². The molecule has 162 valence electrons. The summed E-state index contributed by atoms with van der Waals surface area (Å²) >= 11 is 6.50. The zero-order valence-corrected chi connectivity index (χ0v) is 18.8. The number of benzene rings is 4. The maximum Gasteiger partial charge on any atom is 0.255 e. The highest BCUT2D eigenvalue weighted by Crippen LogP contribution is 2.37. The molecule has 4 nitrogen and oxygen atoms in total. The number of rotatable bonds is 7. The first-order valence-corrected chi connectivity index (χ1v) is 10.9. The molecule has 0 aliphatic carbocycles. The lowest BCUT2D eigenvalue weighted by atomic mass is 10.1. The van der Waals surface area contributed by atoms with Crippen LogP contribution in [0.2, 0.25) is 5.02 Å². The van der Waals surface area contributed by atoms with Crippen LogP contribution >= 0.6 is 11.6 Å². The molecule has 4 aromatic carbocycles. The molecule has 4 rings (SSSR count). The van der Waals surface area contributed by atoms with Gasteiger partial charge in [-0.05, 0) is 54.4 Å². The molecule has 0 atom stereocenters. The zero-order chi connectivity index (χ0) is 22.5. The van der Waals surface area contributed by atoms with Gasteiger partial charge in [0.05, 0.1) is 11.6 Å². The van der Waals surface area contributed by atoms with Gasteiger partial charge in [0.25, 0.3) is 5.91 Å². The zero-order valence-electron chi connectivity index (χ0n) is 18.0. The van der Waals surface area contributed by atoms with Crippen molar-refractivity contribution in [3.63, 3.8) is 0 Å². The fourth-order valence-electron chi connectivity index (χ4n) is 3.41. The fourth-order valence-corrected chi connectivity index (χ4v) is 3.68. The molecule has 32 heavy (non-hydrogen) atoms. The number of halogens is 1. The van der Waals surface area contributed by atoms with E-state index in [9.17, 15) is 4.79 Å². The van der Waals surface area contributed by atoms with Gasteiger partial charge in [0, 0.05) is 11.3 Å². The standard InChI is InChI=1S/C27H24ClNO3/c1-3-31-25-16-22(15-24(28)26(25)32-17-19-10-8-18(2)9-11-19)27(30)29-23-13-12-20-6-4-5-7-21(20)14-23/h4-16H,3,17H2,1-2H3,(H,29,30). The number of nitrogens with one attached hydrogen (secondary N) is 1. The monoisotopic (exact) mass is 445 g/mol. The number of ether oxygens (including phenoxy) is 2. The summed E-state index contributed by atoms with van der Waals surface area (Å²) in [6.45, 7) is 4.69. The molecule has 1 N–H and O–H groups in total. The van der Waals surface area contributed by atoms with E-state index in [0.29, 0.717) is 41.0 Å². The van der Waals surface area contributed by atoms with E-state index in [2.05, 4.69) is 5.32 Å². The third-order valence-corrected chi connectivity index (χ3v) is 5.36. The van der Waals surface area contributed by atoms with E-state index in [-0.39, 0.29) is 5.91 Å². The van der Waals surface area contributed by atoms with Crippen molar-refractivity contribution < 1.29 is 14.3 Å². The molecule has 4 aromatic rings. The molecule has 0 saturated carbocycles. The molecule has 0 aliphatic rings. The Labute approximate surface area is 192 Å². The average Bonchev–Trinajstić information content (AvgIpc) is 2.79. The van der Waals surface area contributed by atoms with Gasteiger partial charge in [0.15, 0.2) is 11.5 Å². The van der Waals surface area contributed by atoms with Crippen molar-refractivity contribution in [2.75, 3.05) is 11.9 Å². The van der Waals surface area contributed by atoms with Crippen LogP contribution in [0.3, 0.4) is 0 Å². The summed E-state index contributed by atoms with van der Waals surface area (Å²) < 4.78 is 11.7. The van der Waals surface area contributed by atoms with Crippen molar-refractivity contribution in [2.45, 2.75) is 20.5 Å². The summed E-state index contributed by atoms with van der Waals surface area (Å²) in [6, 6.07) is 25.1. The van der Waals surface area contributed by atoms with Gasteiger partial charge in [-0.25, -0.2) is 0 Å². The second-order valence-corrected chi connectivity index (χ2v) is 7.92. The van der Waals surface area contributed by atoms with Crippen molar-refractivity contribution in [2.24, 2.45) is 0 Å². The van der Waals surface area contributed by atoms with Crippen LogP contribution in [0.25, 0.3) is 10.8 Å². The molecule has 0 fully saturated rings. The summed E-state index contributed by atoms with van der Waals surface area (Å²) in [5, 5.41) is 5.43. The van der Waals surface area contributed by atoms with Crippen LogP contribution in [0, 0.1) is 6.92 Å². The van der Waals surface area contributed by atoms with Crippen LogP contribution in [0.5, 0.6) is 11.5 Å². The number of carbonyl (C=O) groups is 1. The summed E-state index contributed by atoms with van der Waals surface area (Å²) in [5.74, 6) is 0.598. The van der Waals surface area contributed by atoms with E-state index in [4.69, 9.17) is 21.1 Å². The third kappa shape index (κ3) is 5.04. The van der Waals surface area contributed by atoms with Crippen LogP contribution in [0.1, 0.15) is 28.4 Å². The Morgan fingerprint density at radius 3 is 2.41 bits per heavy atom. The highest BCUT2D eigenvalue weighted by molar-refractivity contribution is 6.32. The SMILES string of the molecule is CCOc1cc(C(=O)Nc2ccc3ccccc3c2)cc(Cl)c1OCc1ccc(C)cc1. The Hall–Kier alpha value is -3.50. The summed E-state index contributed by atoms with van der Waals surface area (Å²) in [7, 11) is 0. The van der Waals surface area contributed by atoms with E-state index >= 15 is 0 Å². The largest absolute Gasteiger partial charge is 0.490 e. The molecule has 1 amide bonds. The van der Waals surface area contributed by atoms with Crippen molar-refractivity contribution in [1.29, 1.82) is 0 Å². The minimum absolute atomic E-state index is 0.270. The smallest absolute Gasteiger partial charge is 0.255 e. The van der Waals surface area contributed by atoms with E-state index in [1.54, 1.807) is 12.1 Å². The number of hydrogen-bond acceptors (Lipinski definition) is 3. The first-order chi connectivity index (χ1) is 15.5. The van der Waals surface area contributed by atoms with Gasteiger partial charge in [-0.1, -0.05) is 71.8 Å². The summed E-state index contributed by atoms with van der Waals surface area (Å²) in [5.41, 5.74) is 3.31. The fraction of sp³-hybridized carbons (Fsp3) is 0.148. The lowest BCUT2D eigenvalue weighted by Crippen LogP contribution is -2.12. The van der Waals surface area contributed by atoms with Gasteiger partial charge in [0.1, 0.15) is 6.61 Å². The van der Waals surface area contributed by atoms with Crippen LogP contribution in [0.15, 0.2) is 78.9 Å². The second kappa shape index (κ2) is 9.75. The molecule has 0 unspecified atom stereocenters. The molecule has 0 aliphatic heterocycles. The second-order valence-electron chi connectivity index (χ2n) is 7.51. The Balaban J connectivity index is 1.55. The van der Waals surface area contributed by atoms with Crippen molar-refractivity contribution in [3.05, 3.63) is 101 Å². The first-order valence-electron chi connectivity index (χ1n) is 10.5. The maximum atomic E-state index is 12.9. The molecule has 0 radical (unpaired) electrons. The van der Waals surface area contributed by atoms with Gasteiger partial charge >= 0.3 is 0 Å². The molecular weight excluding hydrogens is 422 g/mol.